The van der Waals surface area contributed by atoms with E-state index in [0.29, 0.717) is 0 Å². The normalized spacial score (nSPS) is 14.3. The van der Waals surface area contributed by atoms with Crippen LogP contribution in [0.25, 0.3) is 0 Å². The molecule has 0 bridgehead atoms. The lowest BCUT2D eigenvalue weighted by Crippen LogP contribution is -2.31. The molecule has 1 aliphatic heterocycles. The summed E-state index contributed by atoms with van der Waals surface area (Å²) in [6, 6.07) is 8.51. The van der Waals surface area contributed by atoms with E-state index in [-0.39, 0.29) is 0 Å². The molecule has 0 atom stereocenters. The first-order valence-electron chi connectivity index (χ1n) is 7.58. The molecule has 0 aliphatic carbocycles. The van der Waals surface area contributed by atoms with Crippen LogP contribution in [-0.4, -0.2) is 13.1 Å². The lowest BCUT2D eigenvalue weighted by atomic mass is 10.1. The van der Waals surface area contributed by atoms with Gasteiger partial charge in [-0.3, -0.25) is 0 Å². The van der Waals surface area contributed by atoms with Crippen LogP contribution in [-0.2, 0) is 19.5 Å². The first-order chi connectivity index (χ1) is 10.3. The Balaban J connectivity index is 1.83. The summed E-state index contributed by atoms with van der Waals surface area (Å²) in [7, 11) is 0. The van der Waals surface area contributed by atoms with E-state index in [1.54, 1.807) is 4.88 Å². The van der Waals surface area contributed by atoms with Crippen molar-refractivity contribution in [3.63, 3.8) is 0 Å². The van der Waals surface area contributed by atoms with E-state index in [0.717, 1.165) is 44.0 Å². The standard InChI is InChI=1S/C17H21ClN2S/c1-2-8-19-11-14-15(18)4-3-5-16(14)20-9-6-17-13(12-20)7-10-21-17/h3-5,7,10,19H,2,6,8-9,11-12H2,1H3. The number of halogens is 1. The molecule has 1 aliphatic rings. The second kappa shape index (κ2) is 6.82. The molecule has 0 spiro atoms. The fourth-order valence-electron chi connectivity index (χ4n) is 2.86. The number of nitrogens with one attached hydrogen (secondary N) is 1. The minimum absolute atomic E-state index is 0.843. The van der Waals surface area contributed by atoms with Gasteiger partial charge in [-0.15, -0.1) is 11.3 Å². The highest BCUT2D eigenvalue weighted by Gasteiger charge is 2.20. The second-order valence-corrected chi connectivity index (χ2v) is 6.86. The maximum Gasteiger partial charge on any atom is 0.0471 e. The van der Waals surface area contributed by atoms with Gasteiger partial charge in [0.25, 0.3) is 0 Å². The van der Waals surface area contributed by atoms with E-state index in [4.69, 9.17) is 11.6 Å². The van der Waals surface area contributed by atoms with Gasteiger partial charge in [0.1, 0.15) is 0 Å². The first-order valence-corrected chi connectivity index (χ1v) is 8.83. The average Bonchev–Trinajstić information content (AvgIpc) is 2.96. The summed E-state index contributed by atoms with van der Waals surface area (Å²) in [6.45, 7) is 6.13. The number of nitrogens with zero attached hydrogens (tertiary/aromatic N) is 1. The monoisotopic (exact) mass is 320 g/mol. The Kier molecular flexibility index (Phi) is 4.84. The Morgan fingerprint density at radius 2 is 2.24 bits per heavy atom. The lowest BCUT2D eigenvalue weighted by Gasteiger charge is -2.31. The highest BCUT2D eigenvalue weighted by Crippen LogP contribution is 2.32. The van der Waals surface area contributed by atoms with Crippen LogP contribution in [0.1, 0.15) is 29.3 Å². The third kappa shape index (κ3) is 3.25. The summed E-state index contributed by atoms with van der Waals surface area (Å²) in [5, 5.41) is 6.55. The quantitative estimate of drug-likeness (QED) is 0.818. The van der Waals surface area contributed by atoms with Gasteiger partial charge in [-0.1, -0.05) is 24.6 Å². The molecule has 4 heteroatoms. The van der Waals surface area contributed by atoms with Gasteiger partial charge in [0, 0.05) is 40.8 Å². The van der Waals surface area contributed by atoms with Crippen molar-refractivity contribution in [3.8, 4) is 0 Å². The predicted octanol–water partition coefficient (Wildman–Crippen LogP) is 4.46. The van der Waals surface area contributed by atoms with Crippen LogP contribution >= 0.6 is 22.9 Å². The van der Waals surface area contributed by atoms with Crippen molar-refractivity contribution in [2.24, 2.45) is 0 Å². The third-order valence-corrected chi connectivity index (χ3v) is 5.35. The Hall–Kier alpha value is -1.03. The van der Waals surface area contributed by atoms with Crippen molar-refractivity contribution in [1.82, 2.24) is 5.32 Å². The van der Waals surface area contributed by atoms with Gasteiger partial charge in [-0.05, 0) is 48.5 Å². The molecule has 0 unspecified atom stereocenters. The molecule has 0 amide bonds. The largest absolute Gasteiger partial charge is 0.366 e. The molecule has 3 rings (SSSR count). The zero-order valence-electron chi connectivity index (χ0n) is 12.4. The van der Waals surface area contributed by atoms with Crippen molar-refractivity contribution >= 4 is 28.6 Å². The SMILES string of the molecule is CCCNCc1c(Cl)cccc1N1CCc2sccc2C1. The average molecular weight is 321 g/mol. The predicted molar refractivity (Wildman–Crippen MR) is 92.5 cm³/mol. The number of benzene rings is 1. The van der Waals surface area contributed by atoms with Gasteiger partial charge >= 0.3 is 0 Å². The summed E-state index contributed by atoms with van der Waals surface area (Å²) >= 11 is 8.32. The van der Waals surface area contributed by atoms with E-state index in [9.17, 15) is 0 Å². The smallest absolute Gasteiger partial charge is 0.0471 e. The maximum absolute atomic E-state index is 6.44. The molecule has 2 heterocycles. The molecule has 0 fully saturated rings. The van der Waals surface area contributed by atoms with E-state index in [1.165, 1.54) is 16.8 Å². The van der Waals surface area contributed by atoms with E-state index in [1.807, 2.05) is 17.4 Å². The Morgan fingerprint density at radius 1 is 1.33 bits per heavy atom. The van der Waals surface area contributed by atoms with Crippen LogP contribution in [0.4, 0.5) is 5.69 Å². The molecule has 0 saturated carbocycles. The van der Waals surface area contributed by atoms with E-state index < -0.39 is 0 Å². The Labute approximate surface area is 135 Å². The number of thiophene rings is 1. The van der Waals surface area contributed by atoms with E-state index >= 15 is 0 Å². The lowest BCUT2D eigenvalue weighted by molar-refractivity contribution is 0.668. The highest BCUT2D eigenvalue weighted by molar-refractivity contribution is 7.10. The zero-order chi connectivity index (χ0) is 14.7. The number of anilines is 1. The molecule has 112 valence electrons. The van der Waals surface area contributed by atoms with Gasteiger partial charge in [-0.2, -0.15) is 0 Å². The fraction of sp³-hybridized carbons (Fsp3) is 0.412. The topological polar surface area (TPSA) is 15.3 Å². The summed E-state index contributed by atoms with van der Waals surface area (Å²) in [5.41, 5.74) is 3.98. The van der Waals surface area contributed by atoms with Crippen molar-refractivity contribution < 1.29 is 0 Å². The van der Waals surface area contributed by atoms with Gasteiger partial charge in [-0.25, -0.2) is 0 Å². The van der Waals surface area contributed by atoms with Gasteiger partial charge < -0.3 is 10.2 Å². The fourth-order valence-corrected chi connectivity index (χ4v) is 3.99. The van der Waals surface area contributed by atoms with Gasteiger partial charge in [0.05, 0.1) is 0 Å². The number of hydrogen-bond acceptors (Lipinski definition) is 3. The molecular formula is C17H21ClN2S. The first kappa shape index (κ1) is 14.9. The molecule has 1 aromatic heterocycles. The van der Waals surface area contributed by atoms with Crippen LogP contribution in [0.3, 0.4) is 0 Å². The number of fused-ring (bicyclic) bond motifs is 1. The van der Waals surface area contributed by atoms with Gasteiger partial charge in [0.2, 0.25) is 0 Å². The third-order valence-electron chi connectivity index (χ3n) is 3.97. The molecule has 0 radical (unpaired) electrons. The molecule has 2 aromatic rings. The van der Waals surface area contributed by atoms with Crippen molar-refractivity contribution in [2.45, 2.75) is 32.9 Å². The minimum atomic E-state index is 0.843. The van der Waals surface area contributed by atoms with E-state index in [2.05, 4.69) is 40.7 Å². The number of hydrogen-bond donors (Lipinski definition) is 1. The highest BCUT2D eigenvalue weighted by atomic mass is 35.5. The minimum Gasteiger partial charge on any atom is -0.366 e. The second-order valence-electron chi connectivity index (χ2n) is 5.45. The zero-order valence-corrected chi connectivity index (χ0v) is 13.9. The van der Waals surface area contributed by atoms with Crippen LogP contribution in [0.5, 0.6) is 0 Å². The Bertz CT molecular complexity index is 609. The van der Waals surface area contributed by atoms with Crippen LogP contribution in [0.15, 0.2) is 29.6 Å². The van der Waals surface area contributed by atoms with Crippen LogP contribution in [0.2, 0.25) is 5.02 Å². The molecular weight excluding hydrogens is 300 g/mol. The van der Waals surface area contributed by atoms with Crippen molar-refractivity contribution in [3.05, 3.63) is 50.7 Å². The van der Waals surface area contributed by atoms with Gasteiger partial charge in [0.15, 0.2) is 0 Å². The molecule has 1 aromatic carbocycles. The summed E-state index contributed by atoms with van der Waals surface area (Å²) in [6.07, 6.45) is 2.28. The van der Waals surface area contributed by atoms with Crippen molar-refractivity contribution in [1.29, 1.82) is 0 Å². The summed E-state index contributed by atoms with van der Waals surface area (Å²) in [5.74, 6) is 0. The Morgan fingerprint density at radius 3 is 3.10 bits per heavy atom. The molecule has 21 heavy (non-hydrogen) atoms. The van der Waals surface area contributed by atoms with Crippen LogP contribution < -0.4 is 10.2 Å². The summed E-state index contributed by atoms with van der Waals surface area (Å²) < 4.78 is 0. The number of rotatable bonds is 5. The maximum atomic E-state index is 6.44. The summed E-state index contributed by atoms with van der Waals surface area (Å²) in [4.78, 5) is 4.00. The molecule has 1 N–H and O–H groups in total. The molecule has 2 nitrogen and oxygen atoms in total. The van der Waals surface area contributed by atoms with Crippen molar-refractivity contribution in [2.75, 3.05) is 18.0 Å². The van der Waals surface area contributed by atoms with Crippen LogP contribution in [0, 0.1) is 0 Å². The molecule has 0 saturated heterocycles.